The van der Waals surface area contributed by atoms with Crippen molar-refractivity contribution >= 4 is 5.97 Å². The molecule has 0 aliphatic heterocycles. The molecule has 2 unspecified atom stereocenters. The number of rotatable bonds is 10. The highest BCUT2D eigenvalue weighted by Crippen LogP contribution is 2.24. The lowest BCUT2D eigenvalue weighted by atomic mass is 9.86. The van der Waals surface area contributed by atoms with Crippen LogP contribution in [0.15, 0.2) is 0 Å². The number of carboxylic acids is 1. The first-order valence-corrected chi connectivity index (χ1v) is 8.20. The SMILES string of the molecule is CCCCCCCCCNC1CCCC(C(=O)O)C1. The highest BCUT2D eigenvalue weighted by atomic mass is 16.4. The Bertz CT molecular complexity index is 243. The van der Waals surface area contributed by atoms with Crippen LogP contribution in [0, 0.1) is 5.92 Å². The molecule has 0 amide bonds. The van der Waals surface area contributed by atoms with E-state index in [0.717, 1.165) is 32.2 Å². The Balaban J connectivity index is 1.95. The summed E-state index contributed by atoms with van der Waals surface area (Å²) in [5.41, 5.74) is 0. The molecule has 1 saturated carbocycles. The molecule has 0 aromatic rings. The van der Waals surface area contributed by atoms with Crippen LogP contribution in [-0.4, -0.2) is 23.7 Å². The largest absolute Gasteiger partial charge is 0.481 e. The van der Waals surface area contributed by atoms with E-state index in [2.05, 4.69) is 12.2 Å². The molecule has 2 N–H and O–H groups in total. The normalized spacial score (nSPS) is 23.4. The molecule has 0 bridgehead atoms. The van der Waals surface area contributed by atoms with E-state index < -0.39 is 5.97 Å². The Labute approximate surface area is 118 Å². The number of unbranched alkanes of at least 4 members (excludes halogenated alkanes) is 6. The summed E-state index contributed by atoms with van der Waals surface area (Å²) in [5.74, 6) is -0.720. The Kier molecular flexibility index (Phi) is 8.89. The van der Waals surface area contributed by atoms with Gasteiger partial charge in [-0.1, -0.05) is 51.9 Å². The lowest BCUT2D eigenvalue weighted by Gasteiger charge is -2.27. The predicted molar refractivity (Wildman–Crippen MR) is 79.4 cm³/mol. The molecule has 1 aliphatic carbocycles. The van der Waals surface area contributed by atoms with E-state index >= 15 is 0 Å². The van der Waals surface area contributed by atoms with Crippen LogP contribution in [0.2, 0.25) is 0 Å². The van der Waals surface area contributed by atoms with Gasteiger partial charge < -0.3 is 10.4 Å². The minimum absolute atomic E-state index is 0.111. The quantitative estimate of drug-likeness (QED) is 0.590. The number of carboxylic acid groups (broad SMARTS) is 1. The highest BCUT2D eigenvalue weighted by Gasteiger charge is 2.26. The van der Waals surface area contributed by atoms with Crippen LogP contribution in [0.3, 0.4) is 0 Å². The second-order valence-electron chi connectivity index (χ2n) is 5.97. The maximum Gasteiger partial charge on any atom is 0.306 e. The number of aliphatic carboxylic acids is 1. The molecule has 0 heterocycles. The minimum atomic E-state index is -0.609. The standard InChI is InChI=1S/C16H31NO2/c1-2-3-4-5-6-7-8-12-17-15-11-9-10-14(13-15)16(18)19/h14-15,17H,2-13H2,1H3,(H,18,19). The summed E-state index contributed by atoms with van der Waals surface area (Å²) in [7, 11) is 0. The van der Waals surface area contributed by atoms with Gasteiger partial charge in [0.05, 0.1) is 5.92 Å². The third kappa shape index (κ3) is 7.56. The third-order valence-electron chi connectivity index (χ3n) is 4.24. The van der Waals surface area contributed by atoms with Crippen molar-refractivity contribution in [3.05, 3.63) is 0 Å². The fraction of sp³-hybridized carbons (Fsp3) is 0.938. The number of hydrogen-bond donors (Lipinski definition) is 2. The highest BCUT2D eigenvalue weighted by molar-refractivity contribution is 5.70. The van der Waals surface area contributed by atoms with Gasteiger partial charge in [-0.2, -0.15) is 0 Å². The molecule has 3 nitrogen and oxygen atoms in total. The van der Waals surface area contributed by atoms with Crippen molar-refractivity contribution in [1.82, 2.24) is 5.32 Å². The van der Waals surface area contributed by atoms with Gasteiger partial charge in [-0.25, -0.2) is 0 Å². The van der Waals surface area contributed by atoms with Gasteiger partial charge in [0, 0.05) is 6.04 Å². The molecule has 0 radical (unpaired) electrons. The zero-order valence-corrected chi connectivity index (χ0v) is 12.5. The first-order valence-electron chi connectivity index (χ1n) is 8.20. The monoisotopic (exact) mass is 269 g/mol. The summed E-state index contributed by atoms with van der Waals surface area (Å²) in [5, 5.41) is 12.6. The van der Waals surface area contributed by atoms with E-state index in [4.69, 9.17) is 5.11 Å². The molecule has 0 saturated heterocycles. The fourth-order valence-corrected chi connectivity index (χ4v) is 2.99. The maximum atomic E-state index is 11.0. The van der Waals surface area contributed by atoms with Gasteiger partial charge in [-0.15, -0.1) is 0 Å². The lowest BCUT2D eigenvalue weighted by Crippen LogP contribution is -2.36. The molecule has 1 rings (SSSR count). The van der Waals surface area contributed by atoms with Crippen molar-refractivity contribution in [3.8, 4) is 0 Å². The van der Waals surface area contributed by atoms with Crippen LogP contribution in [-0.2, 0) is 4.79 Å². The molecule has 0 spiro atoms. The summed E-state index contributed by atoms with van der Waals surface area (Å²) in [6, 6.07) is 0.440. The van der Waals surface area contributed by atoms with Crippen molar-refractivity contribution in [1.29, 1.82) is 0 Å². The first kappa shape index (κ1) is 16.5. The molecule has 1 aliphatic rings. The Hall–Kier alpha value is -0.570. The van der Waals surface area contributed by atoms with Crippen LogP contribution in [0.4, 0.5) is 0 Å². The van der Waals surface area contributed by atoms with E-state index in [9.17, 15) is 4.79 Å². The van der Waals surface area contributed by atoms with E-state index in [1.807, 2.05) is 0 Å². The Morgan fingerprint density at radius 3 is 2.47 bits per heavy atom. The average molecular weight is 269 g/mol. The Morgan fingerprint density at radius 2 is 1.79 bits per heavy atom. The molecular formula is C16H31NO2. The predicted octanol–water partition coefficient (Wildman–Crippen LogP) is 3.97. The molecule has 1 fully saturated rings. The average Bonchev–Trinajstić information content (AvgIpc) is 2.42. The van der Waals surface area contributed by atoms with E-state index in [0.29, 0.717) is 6.04 Å². The molecule has 112 valence electrons. The van der Waals surface area contributed by atoms with Crippen molar-refractivity contribution in [2.75, 3.05) is 6.54 Å². The van der Waals surface area contributed by atoms with Gasteiger partial charge in [-0.3, -0.25) is 4.79 Å². The number of nitrogens with one attached hydrogen (secondary N) is 1. The van der Waals surface area contributed by atoms with Crippen LogP contribution < -0.4 is 5.32 Å². The van der Waals surface area contributed by atoms with Crippen LogP contribution in [0.1, 0.15) is 77.6 Å². The molecule has 0 aromatic heterocycles. The van der Waals surface area contributed by atoms with Crippen molar-refractivity contribution in [3.63, 3.8) is 0 Å². The second kappa shape index (κ2) is 10.2. The smallest absolute Gasteiger partial charge is 0.306 e. The lowest BCUT2D eigenvalue weighted by molar-refractivity contribution is -0.143. The van der Waals surface area contributed by atoms with E-state index in [-0.39, 0.29) is 5.92 Å². The number of hydrogen-bond acceptors (Lipinski definition) is 2. The summed E-state index contributed by atoms with van der Waals surface area (Å²) in [6.45, 7) is 3.31. The zero-order valence-electron chi connectivity index (χ0n) is 12.5. The van der Waals surface area contributed by atoms with E-state index in [1.54, 1.807) is 0 Å². The second-order valence-corrected chi connectivity index (χ2v) is 5.97. The van der Waals surface area contributed by atoms with Crippen LogP contribution in [0.25, 0.3) is 0 Å². The molecular weight excluding hydrogens is 238 g/mol. The van der Waals surface area contributed by atoms with Crippen molar-refractivity contribution in [2.24, 2.45) is 5.92 Å². The third-order valence-corrected chi connectivity index (χ3v) is 4.24. The van der Waals surface area contributed by atoms with Crippen molar-refractivity contribution in [2.45, 2.75) is 83.6 Å². The van der Waals surface area contributed by atoms with Gasteiger partial charge in [0.25, 0.3) is 0 Å². The van der Waals surface area contributed by atoms with Gasteiger partial charge in [-0.05, 0) is 32.2 Å². The molecule has 19 heavy (non-hydrogen) atoms. The topological polar surface area (TPSA) is 49.3 Å². The Morgan fingerprint density at radius 1 is 1.11 bits per heavy atom. The summed E-state index contributed by atoms with van der Waals surface area (Å²) in [6.07, 6.45) is 13.2. The van der Waals surface area contributed by atoms with Gasteiger partial charge in [0.1, 0.15) is 0 Å². The van der Waals surface area contributed by atoms with Gasteiger partial charge >= 0.3 is 5.97 Å². The fourth-order valence-electron chi connectivity index (χ4n) is 2.99. The van der Waals surface area contributed by atoms with Gasteiger partial charge in [0.15, 0.2) is 0 Å². The molecule has 2 atom stereocenters. The molecule has 3 heteroatoms. The van der Waals surface area contributed by atoms with Gasteiger partial charge in [0.2, 0.25) is 0 Å². The summed E-state index contributed by atoms with van der Waals surface area (Å²) >= 11 is 0. The van der Waals surface area contributed by atoms with Crippen LogP contribution >= 0.6 is 0 Å². The minimum Gasteiger partial charge on any atom is -0.481 e. The van der Waals surface area contributed by atoms with Crippen LogP contribution in [0.5, 0.6) is 0 Å². The zero-order chi connectivity index (χ0) is 13.9. The van der Waals surface area contributed by atoms with E-state index in [1.165, 1.54) is 44.9 Å². The molecule has 0 aromatic carbocycles. The summed E-state index contributed by atoms with van der Waals surface area (Å²) in [4.78, 5) is 11.0. The first-order chi connectivity index (χ1) is 9.24. The summed E-state index contributed by atoms with van der Waals surface area (Å²) < 4.78 is 0. The maximum absolute atomic E-state index is 11.0. The number of carbonyl (C=O) groups is 1. The van der Waals surface area contributed by atoms with Crippen molar-refractivity contribution < 1.29 is 9.90 Å².